The van der Waals surface area contributed by atoms with Crippen LogP contribution in [-0.2, 0) is 9.84 Å². The number of nitrogens with zero attached hydrogens (tertiary/aromatic N) is 2. The maximum absolute atomic E-state index is 11.6. The molecule has 0 amide bonds. The smallest absolute Gasteiger partial charge is 0.262 e. The second kappa shape index (κ2) is 3.59. The van der Waals surface area contributed by atoms with Crippen molar-refractivity contribution in [3.05, 3.63) is 5.82 Å². The van der Waals surface area contributed by atoms with E-state index >= 15 is 0 Å². The average molecular weight is 398 g/mol. The number of aromatic nitrogens is 3. The molecular weight excluding hydrogens is 394 g/mol. The molecule has 1 aromatic rings. The summed E-state index contributed by atoms with van der Waals surface area (Å²) in [5.41, 5.74) is 0. The molecule has 0 bridgehead atoms. The highest BCUT2D eigenvalue weighted by Crippen LogP contribution is 2.41. The topological polar surface area (TPSA) is 75.7 Å². The fourth-order valence-corrected chi connectivity index (χ4v) is 2.48. The van der Waals surface area contributed by atoms with Crippen LogP contribution in [0.25, 0.3) is 0 Å². The van der Waals surface area contributed by atoms with Crippen LogP contribution in [0.2, 0.25) is 0 Å². The average Bonchev–Trinajstić information content (AvgIpc) is 2.33. The summed E-state index contributed by atoms with van der Waals surface area (Å²) in [5.74, 6) is 0.440. The lowest BCUT2D eigenvalue weighted by Crippen LogP contribution is -2.19. The van der Waals surface area contributed by atoms with Crippen LogP contribution in [0.15, 0.2) is 5.16 Å². The zero-order valence-corrected chi connectivity index (χ0v) is 11.8. The van der Waals surface area contributed by atoms with E-state index < -0.39 is 11.3 Å². The molecule has 0 radical (unpaired) electrons. The Kier molecular flexibility index (Phi) is 3.21. The Morgan fingerprint density at radius 1 is 1.38 bits per heavy atom. The SMILES string of the molecule is Cc1nc(S(=O)(=O)C(Br)(Br)Br)n[nH]1. The molecular formula is C4H4Br3N3O2S. The Morgan fingerprint density at radius 3 is 2.23 bits per heavy atom. The van der Waals surface area contributed by atoms with Gasteiger partial charge in [0.2, 0.25) is 1.47 Å². The highest BCUT2D eigenvalue weighted by Gasteiger charge is 2.40. The Balaban J connectivity index is 3.24. The minimum absolute atomic E-state index is 0.268. The zero-order chi connectivity index (χ0) is 10.3. The van der Waals surface area contributed by atoms with E-state index in [9.17, 15) is 8.42 Å². The van der Waals surface area contributed by atoms with Gasteiger partial charge in [0.05, 0.1) is 0 Å². The number of nitrogens with one attached hydrogen (secondary N) is 1. The third-order valence-corrected chi connectivity index (χ3v) is 6.23. The van der Waals surface area contributed by atoms with E-state index in [-0.39, 0.29) is 5.16 Å². The Morgan fingerprint density at radius 2 is 1.92 bits per heavy atom. The van der Waals surface area contributed by atoms with Gasteiger partial charge >= 0.3 is 0 Å². The minimum Gasteiger partial charge on any atom is -0.262 e. The van der Waals surface area contributed by atoms with Crippen molar-refractivity contribution < 1.29 is 8.42 Å². The predicted octanol–water partition coefficient (Wildman–Crippen LogP) is 1.68. The van der Waals surface area contributed by atoms with Crippen LogP contribution in [0.4, 0.5) is 0 Å². The number of sulfone groups is 1. The molecule has 0 unspecified atom stereocenters. The first-order valence-electron chi connectivity index (χ1n) is 2.95. The van der Waals surface area contributed by atoms with Crippen molar-refractivity contribution in [1.29, 1.82) is 0 Å². The summed E-state index contributed by atoms with van der Waals surface area (Å²) in [6, 6.07) is 0. The molecule has 0 saturated heterocycles. The van der Waals surface area contributed by atoms with Crippen LogP contribution in [-0.4, -0.2) is 25.1 Å². The Hall–Kier alpha value is 0.530. The molecule has 5 nitrogen and oxygen atoms in total. The second-order valence-corrected chi connectivity index (χ2v) is 12.5. The zero-order valence-electron chi connectivity index (χ0n) is 6.25. The molecule has 0 saturated carbocycles. The molecule has 74 valence electrons. The molecule has 0 aromatic carbocycles. The van der Waals surface area contributed by atoms with Crippen LogP contribution in [0.5, 0.6) is 0 Å². The van der Waals surface area contributed by atoms with Gasteiger partial charge < -0.3 is 0 Å². The molecule has 1 heterocycles. The van der Waals surface area contributed by atoms with Gasteiger partial charge in [-0.3, -0.25) is 5.10 Å². The van der Waals surface area contributed by atoms with E-state index in [1.54, 1.807) is 6.92 Å². The number of rotatable bonds is 1. The summed E-state index contributed by atoms with van der Waals surface area (Å²) in [5, 5.41) is 5.72. The maximum atomic E-state index is 11.6. The van der Waals surface area contributed by atoms with E-state index in [0.717, 1.165) is 0 Å². The number of aromatic amines is 1. The third kappa shape index (κ3) is 2.31. The lowest BCUT2D eigenvalue weighted by molar-refractivity contribution is 0.590. The summed E-state index contributed by atoms with van der Waals surface area (Å²) in [6.45, 7) is 1.62. The molecule has 0 atom stereocenters. The molecule has 0 fully saturated rings. The molecule has 0 aliphatic heterocycles. The van der Waals surface area contributed by atoms with Gasteiger partial charge in [0, 0.05) is 0 Å². The van der Waals surface area contributed by atoms with E-state index in [0.29, 0.717) is 5.82 Å². The highest BCUT2D eigenvalue weighted by atomic mass is 80.0. The maximum Gasteiger partial charge on any atom is 0.270 e. The molecule has 1 N–H and O–H groups in total. The van der Waals surface area contributed by atoms with Gasteiger partial charge in [-0.2, -0.15) is 0 Å². The summed E-state index contributed by atoms with van der Waals surface area (Å²) in [7, 11) is -3.66. The van der Waals surface area contributed by atoms with Crippen LogP contribution in [0.3, 0.4) is 0 Å². The molecule has 13 heavy (non-hydrogen) atoms. The van der Waals surface area contributed by atoms with Gasteiger partial charge in [-0.15, -0.1) is 5.10 Å². The number of aryl methyl sites for hydroxylation is 1. The summed E-state index contributed by atoms with van der Waals surface area (Å²) < 4.78 is 21.7. The first-order chi connectivity index (χ1) is 5.75. The number of H-pyrrole nitrogens is 1. The largest absolute Gasteiger partial charge is 0.270 e. The molecule has 0 aliphatic rings. The fourth-order valence-electron chi connectivity index (χ4n) is 0.546. The van der Waals surface area contributed by atoms with Crippen molar-refractivity contribution in [2.75, 3.05) is 0 Å². The van der Waals surface area contributed by atoms with Gasteiger partial charge in [-0.1, -0.05) is 0 Å². The molecule has 1 aromatic heterocycles. The van der Waals surface area contributed by atoms with Crippen molar-refractivity contribution in [1.82, 2.24) is 15.2 Å². The Bertz CT molecular complexity index is 407. The summed E-state index contributed by atoms with van der Waals surface area (Å²) in [4.78, 5) is 3.70. The lowest BCUT2D eigenvalue weighted by atomic mass is 10.8. The summed E-state index contributed by atoms with van der Waals surface area (Å²) in [6.07, 6.45) is 0. The molecule has 9 heteroatoms. The predicted molar refractivity (Wildman–Crippen MR) is 57.8 cm³/mol. The van der Waals surface area contributed by atoms with Crippen LogP contribution in [0.1, 0.15) is 5.82 Å². The van der Waals surface area contributed by atoms with E-state index in [1.807, 2.05) is 0 Å². The fraction of sp³-hybridized carbons (Fsp3) is 0.500. The molecule has 0 aliphatic carbocycles. The number of hydrogen-bond acceptors (Lipinski definition) is 4. The van der Waals surface area contributed by atoms with E-state index in [4.69, 9.17) is 0 Å². The van der Waals surface area contributed by atoms with Gasteiger partial charge in [0.1, 0.15) is 5.82 Å². The quantitative estimate of drug-likeness (QED) is 0.731. The Labute approximate surface area is 100 Å². The van der Waals surface area contributed by atoms with Gasteiger partial charge in [-0.25, -0.2) is 13.4 Å². The van der Waals surface area contributed by atoms with Crippen molar-refractivity contribution in [2.24, 2.45) is 0 Å². The first-order valence-corrected chi connectivity index (χ1v) is 6.82. The monoisotopic (exact) mass is 395 g/mol. The van der Waals surface area contributed by atoms with Crippen LogP contribution < -0.4 is 0 Å². The van der Waals surface area contributed by atoms with Gasteiger partial charge in [-0.05, 0) is 54.7 Å². The van der Waals surface area contributed by atoms with Gasteiger partial charge in [0.25, 0.3) is 15.0 Å². The third-order valence-electron chi connectivity index (χ3n) is 1.12. The molecule has 1 rings (SSSR count). The first kappa shape index (κ1) is 11.6. The second-order valence-electron chi connectivity index (χ2n) is 2.15. The van der Waals surface area contributed by atoms with Crippen LogP contribution in [0, 0.1) is 6.92 Å². The van der Waals surface area contributed by atoms with Crippen molar-refractivity contribution in [3.63, 3.8) is 0 Å². The van der Waals surface area contributed by atoms with Crippen molar-refractivity contribution in [2.45, 2.75) is 13.6 Å². The standard InChI is InChI=1S/C4H4Br3N3O2S/c1-2-8-3(10-9-2)13(11,12)4(5,6)7/h1H3,(H,8,9,10). The molecule has 0 spiro atoms. The minimum atomic E-state index is -3.66. The number of alkyl halides is 3. The van der Waals surface area contributed by atoms with E-state index in [2.05, 4.69) is 63.0 Å². The summed E-state index contributed by atoms with van der Waals surface area (Å²) >= 11 is 8.69. The number of halogens is 3. The van der Waals surface area contributed by atoms with Crippen LogP contribution >= 0.6 is 47.8 Å². The van der Waals surface area contributed by atoms with Crippen molar-refractivity contribution in [3.8, 4) is 0 Å². The normalized spacial score (nSPS) is 13.2. The highest BCUT2D eigenvalue weighted by molar-refractivity contribution is 9.42. The van der Waals surface area contributed by atoms with Gasteiger partial charge in [0.15, 0.2) is 0 Å². The lowest BCUT2D eigenvalue weighted by Gasteiger charge is -2.09. The van der Waals surface area contributed by atoms with Crippen molar-refractivity contribution >= 4 is 57.6 Å². The number of hydrogen-bond donors (Lipinski definition) is 1. The van der Waals surface area contributed by atoms with E-state index in [1.165, 1.54) is 0 Å².